The number of likely N-dealkylation sites (tertiary alicyclic amines) is 1. The minimum atomic E-state index is 0.136. The average molecular weight is 341 g/mol. The second-order valence-corrected chi connectivity index (χ2v) is 6.74. The number of methoxy groups -OCH3 is 1. The standard InChI is InChI=1S/C20H27N3O2/c1-15-14-16(2)23(21-15)13-7-11-20(24)22-12-6-9-18(22)17-8-4-5-10-19(17)25-3/h4-5,8,10,14,18H,6-7,9,11-13H2,1-3H3/t18-/m0/s1. The summed E-state index contributed by atoms with van der Waals surface area (Å²) in [4.78, 5) is 14.8. The smallest absolute Gasteiger partial charge is 0.223 e. The van der Waals surface area contributed by atoms with Crippen molar-refractivity contribution in [2.24, 2.45) is 0 Å². The van der Waals surface area contributed by atoms with Gasteiger partial charge in [-0.1, -0.05) is 18.2 Å². The number of hydrogen-bond donors (Lipinski definition) is 0. The molecule has 5 nitrogen and oxygen atoms in total. The van der Waals surface area contributed by atoms with Crippen LogP contribution in [0.5, 0.6) is 5.75 Å². The number of aromatic nitrogens is 2. The number of carbonyl (C=O) groups is 1. The van der Waals surface area contributed by atoms with Gasteiger partial charge in [-0.3, -0.25) is 9.48 Å². The van der Waals surface area contributed by atoms with E-state index in [0.717, 1.165) is 55.1 Å². The lowest BCUT2D eigenvalue weighted by Crippen LogP contribution is -2.30. The molecule has 0 N–H and O–H groups in total. The first kappa shape index (κ1) is 17.5. The molecule has 25 heavy (non-hydrogen) atoms. The molecule has 0 saturated carbocycles. The van der Waals surface area contributed by atoms with Crippen LogP contribution in [0.15, 0.2) is 30.3 Å². The highest BCUT2D eigenvalue weighted by atomic mass is 16.5. The first-order valence-corrected chi connectivity index (χ1v) is 9.03. The van der Waals surface area contributed by atoms with Gasteiger partial charge >= 0.3 is 0 Å². The van der Waals surface area contributed by atoms with E-state index in [9.17, 15) is 4.79 Å². The summed E-state index contributed by atoms with van der Waals surface area (Å²) in [6.07, 6.45) is 3.43. The number of benzene rings is 1. The van der Waals surface area contributed by atoms with Gasteiger partial charge in [0.05, 0.1) is 18.8 Å². The molecule has 0 bridgehead atoms. The molecule has 1 aromatic heterocycles. The molecule has 0 spiro atoms. The van der Waals surface area contributed by atoms with E-state index in [1.807, 2.05) is 34.7 Å². The topological polar surface area (TPSA) is 47.4 Å². The van der Waals surface area contributed by atoms with Gasteiger partial charge in [-0.15, -0.1) is 0 Å². The van der Waals surface area contributed by atoms with Crippen LogP contribution in [0.3, 0.4) is 0 Å². The lowest BCUT2D eigenvalue weighted by molar-refractivity contribution is -0.132. The lowest BCUT2D eigenvalue weighted by atomic mass is 10.0. The van der Waals surface area contributed by atoms with E-state index in [-0.39, 0.29) is 11.9 Å². The van der Waals surface area contributed by atoms with Gasteiger partial charge < -0.3 is 9.64 Å². The number of aryl methyl sites for hydroxylation is 3. The Morgan fingerprint density at radius 3 is 2.84 bits per heavy atom. The zero-order valence-electron chi connectivity index (χ0n) is 15.4. The van der Waals surface area contributed by atoms with Crippen LogP contribution in [-0.4, -0.2) is 34.2 Å². The summed E-state index contributed by atoms with van der Waals surface area (Å²) in [6.45, 7) is 5.68. The molecule has 1 aromatic carbocycles. The molecule has 0 radical (unpaired) electrons. The molecule has 1 saturated heterocycles. The van der Waals surface area contributed by atoms with Crippen molar-refractivity contribution in [2.45, 2.75) is 52.1 Å². The summed E-state index contributed by atoms with van der Waals surface area (Å²) in [6, 6.07) is 10.2. The van der Waals surface area contributed by atoms with Crippen LogP contribution in [0.4, 0.5) is 0 Å². The van der Waals surface area contributed by atoms with Crippen molar-refractivity contribution >= 4 is 5.91 Å². The van der Waals surface area contributed by atoms with Gasteiger partial charge in [-0.05, 0) is 45.2 Å². The quantitative estimate of drug-likeness (QED) is 0.806. The van der Waals surface area contributed by atoms with Crippen molar-refractivity contribution in [1.82, 2.24) is 14.7 Å². The number of nitrogens with zero attached hydrogens (tertiary/aromatic N) is 3. The van der Waals surface area contributed by atoms with E-state index >= 15 is 0 Å². The van der Waals surface area contributed by atoms with Crippen LogP contribution in [0.1, 0.15) is 48.7 Å². The average Bonchev–Trinajstić information content (AvgIpc) is 3.21. The molecule has 1 aliphatic heterocycles. The van der Waals surface area contributed by atoms with E-state index in [0.29, 0.717) is 6.42 Å². The fourth-order valence-corrected chi connectivity index (χ4v) is 3.76. The predicted molar refractivity (Wildman–Crippen MR) is 97.6 cm³/mol. The summed E-state index contributed by atoms with van der Waals surface area (Å²) < 4.78 is 7.48. The third-order valence-electron chi connectivity index (χ3n) is 4.93. The van der Waals surface area contributed by atoms with Crippen molar-refractivity contribution < 1.29 is 9.53 Å². The molecule has 1 amide bonds. The molecule has 0 aliphatic carbocycles. The molecule has 0 unspecified atom stereocenters. The van der Waals surface area contributed by atoms with Gasteiger partial charge in [-0.25, -0.2) is 0 Å². The maximum atomic E-state index is 12.8. The normalized spacial score (nSPS) is 17.1. The monoisotopic (exact) mass is 341 g/mol. The molecule has 5 heteroatoms. The maximum absolute atomic E-state index is 12.8. The number of hydrogen-bond acceptors (Lipinski definition) is 3. The molecule has 3 rings (SSSR count). The molecule has 1 aliphatic rings. The Hall–Kier alpha value is -2.30. The minimum absolute atomic E-state index is 0.136. The minimum Gasteiger partial charge on any atom is -0.496 e. The summed E-state index contributed by atoms with van der Waals surface area (Å²) in [5, 5.41) is 4.47. The van der Waals surface area contributed by atoms with Gasteiger partial charge in [0.2, 0.25) is 5.91 Å². The van der Waals surface area contributed by atoms with Crippen LogP contribution in [-0.2, 0) is 11.3 Å². The second-order valence-electron chi connectivity index (χ2n) is 6.74. The van der Waals surface area contributed by atoms with E-state index in [1.54, 1.807) is 7.11 Å². The third-order valence-corrected chi connectivity index (χ3v) is 4.93. The summed E-state index contributed by atoms with van der Waals surface area (Å²) in [5.74, 6) is 1.10. The Labute approximate surface area is 149 Å². The van der Waals surface area contributed by atoms with Gasteiger partial charge in [-0.2, -0.15) is 5.10 Å². The molecular formula is C20H27N3O2. The Morgan fingerprint density at radius 2 is 2.12 bits per heavy atom. The van der Waals surface area contributed by atoms with Gasteiger partial charge in [0.25, 0.3) is 0 Å². The highest BCUT2D eigenvalue weighted by Gasteiger charge is 2.31. The van der Waals surface area contributed by atoms with Crippen LogP contribution in [0.25, 0.3) is 0 Å². The zero-order chi connectivity index (χ0) is 17.8. The first-order chi connectivity index (χ1) is 12.1. The Balaban J connectivity index is 1.62. The molecular weight excluding hydrogens is 314 g/mol. The number of carbonyl (C=O) groups excluding carboxylic acids is 1. The van der Waals surface area contributed by atoms with Crippen molar-refractivity contribution in [3.05, 3.63) is 47.3 Å². The lowest BCUT2D eigenvalue weighted by Gasteiger charge is -2.26. The maximum Gasteiger partial charge on any atom is 0.223 e. The largest absolute Gasteiger partial charge is 0.496 e. The third kappa shape index (κ3) is 3.86. The fourth-order valence-electron chi connectivity index (χ4n) is 3.76. The number of para-hydroxylation sites is 1. The van der Waals surface area contributed by atoms with E-state index in [2.05, 4.69) is 24.2 Å². The number of amides is 1. The summed E-state index contributed by atoms with van der Waals surface area (Å²) in [7, 11) is 1.69. The van der Waals surface area contributed by atoms with Crippen molar-refractivity contribution in [1.29, 1.82) is 0 Å². The second kappa shape index (κ2) is 7.72. The molecule has 134 valence electrons. The molecule has 2 heterocycles. The van der Waals surface area contributed by atoms with Crippen LogP contribution in [0, 0.1) is 13.8 Å². The molecule has 2 aromatic rings. The van der Waals surface area contributed by atoms with Crippen LogP contribution < -0.4 is 4.74 Å². The number of rotatable bonds is 6. The van der Waals surface area contributed by atoms with E-state index in [1.165, 1.54) is 0 Å². The summed E-state index contributed by atoms with van der Waals surface area (Å²) in [5.41, 5.74) is 3.30. The highest BCUT2D eigenvalue weighted by Crippen LogP contribution is 2.37. The fraction of sp³-hybridized carbons (Fsp3) is 0.500. The number of ether oxygens (including phenoxy) is 1. The van der Waals surface area contributed by atoms with E-state index < -0.39 is 0 Å². The Morgan fingerprint density at radius 1 is 1.32 bits per heavy atom. The molecule has 1 atom stereocenters. The predicted octanol–water partition coefficient (Wildman–Crippen LogP) is 3.65. The zero-order valence-corrected chi connectivity index (χ0v) is 15.4. The van der Waals surface area contributed by atoms with Crippen LogP contribution >= 0.6 is 0 Å². The Kier molecular flexibility index (Phi) is 5.41. The van der Waals surface area contributed by atoms with Crippen molar-refractivity contribution in [2.75, 3.05) is 13.7 Å². The SMILES string of the molecule is COc1ccccc1[C@@H]1CCCN1C(=O)CCCn1nc(C)cc1C. The molecule has 1 fully saturated rings. The van der Waals surface area contributed by atoms with Gasteiger partial charge in [0.15, 0.2) is 0 Å². The highest BCUT2D eigenvalue weighted by molar-refractivity contribution is 5.77. The van der Waals surface area contributed by atoms with Gasteiger partial charge in [0.1, 0.15) is 5.75 Å². The summed E-state index contributed by atoms with van der Waals surface area (Å²) >= 11 is 0. The first-order valence-electron chi connectivity index (χ1n) is 9.03. The Bertz CT molecular complexity index is 738. The van der Waals surface area contributed by atoms with Crippen LogP contribution in [0.2, 0.25) is 0 Å². The van der Waals surface area contributed by atoms with Gasteiger partial charge in [0, 0.05) is 30.8 Å². The van der Waals surface area contributed by atoms with Crippen molar-refractivity contribution in [3.8, 4) is 5.75 Å². The van der Waals surface area contributed by atoms with Crippen molar-refractivity contribution in [3.63, 3.8) is 0 Å². The van der Waals surface area contributed by atoms with E-state index in [4.69, 9.17) is 4.74 Å².